The highest BCUT2D eigenvalue weighted by molar-refractivity contribution is 7.99. The minimum Gasteiger partial charge on any atom is -0.510 e. The molecular weight excluding hydrogens is 393 g/mol. The van der Waals surface area contributed by atoms with Gasteiger partial charge in [0.2, 0.25) is 5.89 Å². The van der Waals surface area contributed by atoms with E-state index in [1.807, 2.05) is 30.3 Å². The summed E-state index contributed by atoms with van der Waals surface area (Å²) in [4.78, 5) is 7.39. The van der Waals surface area contributed by atoms with Gasteiger partial charge in [0.15, 0.2) is 5.82 Å². The van der Waals surface area contributed by atoms with Crippen molar-refractivity contribution in [3.05, 3.63) is 65.9 Å². The molecular formula is C20H14FN5O2S. The molecule has 9 heteroatoms. The topological polar surface area (TPSA) is 112 Å². The third-order valence-corrected chi connectivity index (χ3v) is 5.10. The number of halogens is 1. The number of fused-ring (bicyclic) bond motifs is 1. The summed E-state index contributed by atoms with van der Waals surface area (Å²) in [7, 11) is 0. The van der Waals surface area contributed by atoms with Crippen molar-refractivity contribution < 1.29 is 13.9 Å². The first-order chi connectivity index (χ1) is 14.0. The number of thioether (sulfide) groups is 1. The number of hydrogen-bond donors (Lipinski definition) is 2. The number of H-pyrrole nitrogens is 1. The number of nitriles is 1. The van der Waals surface area contributed by atoms with E-state index in [2.05, 4.69) is 20.2 Å². The van der Waals surface area contributed by atoms with Crippen LogP contribution in [0.1, 0.15) is 12.7 Å². The average Bonchev–Trinajstić information content (AvgIpc) is 3.36. The molecule has 0 radical (unpaired) electrons. The molecule has 2 aromatic carbocycles. The maximum Gasteiger partial charge on any atom is 0.277 e. The molecule has 2 aromatic heterocycles. The van der Waals surface area contributed by atoms with E-state index in [-0.39, 0.29) is 34.1 Å². The van der Waals surface area contributed by atoms with Gasteiger partial charge in [-0.15, -0.1) is 10.2 Å². The summed E-state index contributed by atoms with van der Waals surface area (Å²) >= 11 is 1.10. The van der Waals surface area contributed by atoms with Crippen LogP contribution in [0.3, 0.4) is 0 Å². The lowest BCUT2D eigenvalue weighted by atomic mass is 10.2. The zero-order valence-corrected chi connectivity index (χ0v) is 15.9. The van der Waals surface area contributed by atoms with Crippen LogP contribution in [0.4, 0.5) is 4.39 Å². The Balaban J connectivity index is 1.57. The number of hydrogen-bond acceptors (Lipinski definition) is 7. The van der Waals surface area contributed by atoms with Crippen molar-refractivity contribution in [2.75, 3.05) is 0 Å². The third-order valence-electron chi connectivity index (χ3n) is 4.15. The first-order valence-electron chi connectivity index (χ1n) is 8.59. The number of nitrogens with zero attached hydrogens (tertiary/aromatic N) is 4. The highest BCUT2D eigenvalue weighted by Gasteiger charge is 2.21. The predicted octanol–water partition coefficient (Wildman–Crippen LogP) is 4.73. The monoisotopic (exact) mass is 407 g/mol. The van der Waals surface area contributed by atoms with E-state index in [1.165, 1.54) is 24.3 Å². The van der Waals surface area contributed by atoms with Crippen molar-refractivity contribution in [1.82, 2.24) is 20.2 Å². The Morgan fingerprint density at radius 2 is 1.97 bits per heavy atom. The lowest BCUT2D eigenvalue weighted by molar-refractivity contribution is 0.399. The van der Waals surface area contributed by atoms with Gasteiger partial charge in [-0.2, -0.15) is 5.26 Å². The van der Waals surface area contributed by atoms with E-state index >= 15 is 0 Å². The molecule has 0 saturated heterocycles. The fourth-order valence-corrected chi connectivity index (χ4v) is 3.43. The number of aliphatic hydroxyl groups excluding tert-OH is 1. The fraction of sp³-hybridized carbons (Fsp3) is 0.100. The van der Waals surface area contributed by atoms with Gasteiger partial charge in [-0.1, -0.05) is 23.9 Å². The quantitative estimate of drug-likeness (QED) is 0.279. The smallest absolute Gasteiger partial charge is 0.277 e. The van der Waals surface area contributed by atoms with Gasteiger partial charge in [0, 0.05) is 5.56 Å². The highest BCUT2D eigenvalue weighted by atomic mass is 32.2. The van der Waals surface area contributed by atoms with Crippen LogP contribution in [0.2, 0.25) is 0 Å². The SMILES string of the molecule is CC(Sc1nnc(-c2ccc(F)cc2)o1)C(O)=C(C#N)c1nc2ccccc2[nH]1. The summed E-state index contributed by atoms with van der Waals surface area (Å²) in [6.45, 7) is 1.71. The van der Waals surface area contributed by atoms with E-state index in [9.17, 15) is 14.8 Å². The van der Waals surface area contributed by atoms with E-state index in [0.29, 0.717) is 11.1 Å². The molecule has 2 N–H and O–H groups in total. The molecule has 0 aliphatic carbocycles. The van der Waals surface area contributed by atoms with E-state index in [4.69, 9.17) is 4.42 Å². The second kappa shape index (κ2) is 7.77. The van der Waals surface area contributed by atoms with E-state index in [1.54, 1.807) is 6.92 Å². The fourth-order valence-electron chi connectivity index (χ4n) is 2.68. The molecule has 4 rings (SSSR count). The lowest BCUT2D eigenvalue weighted by Gasteiger charge is -2.08. The van der Waals surface area contributed by atoms with Gasteiger partial charge < -0.3 is 14.5 Å². The molecule has 0 bridgehead atoms. The first kappa shape index (κ1) is 18.7. The average molecular weight is 407 g/mol. The van der Waals surface area contributed by atoms with Gasteiger partial charge in [-0.05, 0) is 43.3 Å². The summed E-state index contributed by atoms with van der Waals surface area (Å²) in [5.41, 5.74) is 2.09. The number of aromatic nitrogens is 4. The molecule has 0 saturated carbocycles. The van der Waals surface area contributed by atoms with Crippen molar-refractivity contribution in [2.24, 2.45) is 0 Å². The number of rotatable bonds is 5. The third kappa shape index (κ3) is 3.83. The van der Waals surface area contributed by atoms with Crippen LogP contribution in [0, 0.1) is 17.1 Å². The van der Waals surface area contributed by atoms with Gasteiger partial charge >= 0.3 is 0 Å². The van der Waals surface area contributed by atoms with Crippen LogP contribution in [0.5, 0.6) is 0 Å². The Morgan fingerprint density at radius 1 is 1.21 bits per heavy atom. The zero-order chi connectivity index (χ0) is 20.4. The number of allylic oxidation sites excluding steroid dienone is 1. The van der Waals surface area contributed by atoms with Crippen LogP contribution < -0.4 is 0 Å². The maximum absolute atomic E-state index is 13.0. The Labute approximate surface area is 168 Å². The van der Waals surface area contributed by atoms with Gasteiger partial charge in [0.05, 0.1) is 16.3 Å². The summed E-state index contributed by atoms with van der Waals surface area (Å²) in [5.74, 6) is 0.0106. The first-order valence-corrected chi connectivity index (χ1v) is 9.47. The van der Waals surface area contributed by atoms with Crippen LogP contribution in [-0.4, -0.2) is 30.5 Å². The van der Waals surface area contributed by atoms with E-state index < -0.39 is 5.25 Å². The Hall–Kier alpha value is -3.64. The van der Waals surface area contributed by atoms with Crippen molar-refractivity contribution in [2.45, 2.75) is 17.4 Å². The molecule has 29 heavy (non-hydrogen) atoms. The van der Waals surface area contributed by atoms with Gasteiger partial charge in [-0.25, -0.2) is 9.37 Å². The second-order valence-electron chi connectivity index (χ2n) is 6.11. The second-order valence-corrected chi connectivity index (χ2v) is 7.41. The molecule has 0 aliphatic rings. The highest BCUT2D eigenvalue weighted by Crippen LogP contribution is 2.31. The molecule has 144 valence electrons. The standard InChI is InChI=1S/C20H14FN5O2S/c1-11(29-20-26-25-19(28-20)12-6-8-13(21)9-7-12)17(27)14(10-22)18-23-15-4-2-3-5-16(15)24-18/h2-9,11,27H,1H3,(H,23,24). The number of benzene rings is 2. The van der Waals surface area contributed by atoms with Crippen molar-refractivity contribution >= 4 is 28.4 Å². The van der Waals surface area contributed by atoms with Crippen LogP contribution in [0.25, 0.3) is 28.1 Å². The summed E-state index contributed by atoms with van der Waals surface area (Å²) in [5, 5.41) is 27.7. The van der Waals surface area contributed by atoms with Crippen LogP contribution >= 0.6 is 11.8 Å². The van der Waals surface area contributed by atoms with Crippen molar-refractivity contribution in [3.8, 4) is 17.5 Å². The number of imidazole rings is 1. The Kier molecular flexibility index (Phi) is 5.01. The number of aliphatic hydroxyl groups is 1. The van der Waals surface area contributed by atoms with Crippen molar-refractivity contribution in [1.29, 1.82) is 5.26 Å². The largest absolute Gasteiger partial charge is 0.510 e. The van der Waals surface area contributed by atoms with Crippen LogP contribution in [-0.2, 0) is 0 Å². The number of nitrogens with one attached hydrogen (secondary N) is 1. The Morgan fingerprint density at radius 3 is 2.69 bits per heavy atom. The Bertz CT molecular complexity index is 1210. The number of para-hydroxylation sites is 2. The molecule has 4 aromatic rings. The molecule has 0 aliphatic heterocycles. The summed E-state index contributed by atoms with van der Waals surface area (Å²) in [6.07, 6.45) is 0. The molecule has 0 amide bonds. The molecule has 0 spiro atoms. The molecule has 7 nitrogen and oxygen atoms in total. The summed E-state index contributed by atoms with van der Waals surface area (Å²) < 4.78 is 18.6. The van der Waals surface area contributed by atoms with Gasteiger partial charge in [0.25, 0.3) is 5.22 Å². The molecule has 1 unspecified atom stereocenters. The molecule has 0 fully saturated rings. The minimum absolute atomic E-state index is 0.0412. The molecule has 2 heterocycles. The van der Waals surface area contributed by atoms with Crippen molar-refractivity contribution in [3.63, 3.8) is 0 Å². The molecule has 1 atom stereocenters. The van der Waals surface area contributed by atoms with E-state index in [0.717, 1.165) is 17.3 Å². The normalized spacial score (nSPS) is 13.1. The minimum atomic E-state index is -0.542. The van der Waals surface area contributed by atoms with Crippen LogP contribution in [0.15, 0.2) is 63.9 Å². The number of aromatic amines is 1. The van der Waals surface area contributed by atoms with Gasteiger partial charge in [-0.3, -0.25) is 0 Å². The zero-order valence-electron chi connectivity index (χ0n) is 15.1. The summed E-state index contributed by atoms with van der Waals surface area (Å²) in [6, 6.07) is 15.0. The van der Waals surface area contributed by atoms with Gasteiger partial charge in [0.1, 0.15) is 23.2 Å². The predicted molar refractivity (Wildman–Crippen MR) is 106 cm³/mol. The maximum atomic E-state index is 13.0. The lowest BCUT2D eigenvalue weighted by Crippen LogP contribution is -2.04.